The van der Waals surface area contributed by atoms with Gasteiger partial charge >= 0.3 is 0 Å². The summed E-state index contributed by atoms with van der Waals surface area (Å²) < 4.78 is 6.64. The Morgan fingerprint density at radius 2 is 2.12 bits per heavy atom. The van der Waals surface area contributed by atoms with E-state index in [0.29, 0.717) is 12.2 Å². The first-order valence-corrected chi connectivity index (χ1v) is 12.3. The van der Waals surface area contributed by atoms with Crippen molar-refractivity contribution >= 4 is 17.0 Å². The van der Waals surface area contributed by atoms with Gasteiger partial charge in [-0.2, -0.15) is 0 Å². The zero-order valence-corrected chi connectivity index (χ0v) is 18.6. The van der Waals surface area contributed by atoms with Crippen molar-refractivity contribution in [2.75, 3.05) is 13.1 Å². The second-order valence-corrected chi connectivity index (χ2v) is 11.0. The van der Waals surface area contributed by atoms with Crippen molar-refractivity contribution in [1.82, 2.24) is 9.88 Å². The average Bonchev–Trinajstić information content (AvgIpc) is 3.45. The minimum atomic E-state index is -0.941. The Kier molecular flexibility index (Phi) is 3.29. The minimum absolute atomic E-state index is 0.0571. The molecule has 168 valence electrons. The Hall–Kier alpha value is -2.76. The van der Waals surface area contributed by atoms with Crippen molar-refractivity contribution in [1.29, 1.82) is 0 Å². The number of aromatic hydroxyl groups is 1. The largest absolute Gasteiger partial charge is 0.504 e. The van der Waals surface area contributed by atoms with Crippen LogP contribution in [0, 0.1) is 5.92 Å². The third-order valence-corrected chi connectivity index (χ3v) is 9.42. The molecule has 5 aliphatic rings. The molecule has 2 unspecified atom stereocenters. The molecular weight excluding hydrogens is 412 g/mol. The molecule has 2 aromatic carbocycles. The molecule has 4 atom stereocenters. The number of phenols is 1. The van der Waals surface area contributed by atoms with Crippen molar-refractivity contribution < 1.29 is 14.9 Å². The standard InChI is InChI=1S/C28H28N2O3/c1-2-15-5-7-20-18(11-15)19-13-28(32)22-12-17-6-8-21(31)25-23(17)27(28,26(33-25)24(19)29-20)9-10-30(22)14-16-3-4-16/h2,5-8,11,16,22,26,29,31-32H,1,3-4,9-10,12-14H2/t22?,26?,27-,28+/m0/s1. The summed E-state index contributed by atoms with van der Waals surface area (Å²) >= 11 is 0. The fraction of sp³-hybridized carbons (Fsp3) is 0.429. The quantitative estimate of drug-likeness (QED) is 0.571. The van der Waals surface area contributed by atoms with E-state index in [4.69, 9.17) is 4.74 Å². The van der Waals surface area contributed by atoms with Gasteiger partial charge in [0.25, 0.3) is 0 Å². The summed E-state index contributed by atoms with van der Waals surface area (Å²) in [7, 11) is 0. The number of H-pyrrole nitrogens is 1. The highest BCUT2D eigenvalue weighted by atomic mass is 16.5. The van der Waals surface area contributed by atoms with Crippen LogP contribution >= 0.6 is 0 Å². The van der Waals surface area contributed by atoms with Gasteiger partial charge in [0.1, 0.15) is 0 Å². The molecule has 3 aliphatic carbocycles. The molecule has 5 heteroatoms. The van der Waals surface area contributed by atoms with Crippen LogP contribution in [0.5, 0.6) is 11.5 Å². The second-order valence-electron chi connectivity index (χ2n) is 11.0. The SMILES string of the molecule is C=Cc1ccc2[nH]c3c(c2c1)C[C@@]1(O)C2Cc4ccc(O)c5c4[C@@]1(CCN2CC1CC1)C3O5. The molecule has 1 saturated heterocycles. The molecule has 2 bridgehead atoms. The Bertz CT molecular complexity index is 1370. The zero-order chi connectivity index (χ0) is 22.1. The Balaban J connectivity index is 1.41. The monoisotopic (exact) mass is 440 g/mol. The molecule has 3 N–H and O–H groups in total. The Morgan fingerprint density at radius 1 is 1.24 bits per heavy atom. The molecule has 2 fully saturated rings. The normalized spacial score (nSPS) is 33.5. The maximum absolute atomic E-state index is 12.8. The summed E-state index contributed by atoms with van der Waals surface area (Å²) in [6, 6.07) is 10.2. The molecule has 2 aliphatic heterocycles. The smallest absolute Gasteiger partial charge is 0.166 e. The van der Waals surface area contributed by atoms with Crippen LogP contribution < -0.4 is 4.74 Å². The van der Waals surface area contributed by atoms with E-state index in [-0.39, 0.29) is 17.9 Å². The van der Waals surface area contributed by atoms with Crippen molar-refractivity contribution in [2.24, 2.45) is 5.92 Å². The van der Waals surface area contributed by atoms with Gasteiger partial charge in [-0.05, 0) is 73.0 Å². The number of nitrogens with one attached hydrogen (secondary N) is 1. The van der Waals surface area contributed by atoms with E-state index in [1.54, 1.807) is 6.07 Å². The molecule has 0 radical (unpaired) electrons. The number of aromatic amines is 1. The minimum Gasteiger partial charge on any atom is -0.504 e. The highest BCUT2D eigenvalue weighted by Gasteiger charge is 2.72. The topological polar surface area (TPSA) is 68.7 Å². The zero-order valence-electron chi connectivity index (χ0n) is 18.6. The number of benzene rings is 2. The number of ether oxygens (including phenoxy) is 1. The van der Waals surface area contributed by atoms with Crippen LogP contribution in [0.25, 0.3) is 17.0 Å². The van der Waals surface area contributed by atoms with Gasteiger partial charge in [0.05, 0.1) is 16.7 Å². The van der Waals surface area contributed by atoms with Gasteiger partial charge in [0.15, 0.2) is 17.6 Å². The van der Waals surface area contributed by atoms with Gasteiger partial charge in [0.2, 0.25) is 0 Å². The first-order valence-electron chi connectivity index (χ1n) is 12.3. The number of phenolic OH excluding ortho intramolecular Hbond substituents is 1. The number of fused-ring (bicyclic) bond motifs is 4. The van der Waals surface area contributed by atoms with Crippen molar-refractivity contribution in [3.8, 4) is 11.5 Å². The van der Waals surface area contributed by atoms with E-state index in [2.05, 4.69) is 40.7 Å². The van der Waals surface area contributed by atoms with E-state index in [9.17, 15) is 10.2 Å². The lowest BCUT2D eigenvalue weighted by Gasteiger charge is -2.62. The first kappa shape index (κ1) is 18.6. The summed E-state index contributed by atoms with van der Waals surface area (Å²) in [5.74, 6) is 1.55. The van der Waals surface area contributed by atoms with Crippen LogP contribution in [-0.4, -0.2) is 44.8 Å². The highest BCUT2D eigenvalue weighted by Crippen LogP contribution is 2.69. The fourth-order valence-electron chi connectivity index (χ4n) is 7.77. The van der Waals surface area contributed by atoms with E-state index < -0.39 is 11.0 Å². The van der Waals surface area contributed by atoms with Gasteiger partial charge in [-0.15, -0.1) is 0 Å². The third kappa shape index (κ3) is 2.08. The lowest BCUT2D eigenvalue weighted by Crippen LogP contribution is -2.74. The molecule has 1 spiro atoms. The lowest BCUT2D eigenvalue weighted by molar-refractivity contribution is -0.173. The van der Waals surface area contributed by atoms with Crippen molar-refractivity contribution in [2.45, 2.75) is 55.3 Å². The highest BCUT2D eigenvalue weighted by molar-refractivity contribution is 5.88. The molecule has 1 saturated carbocycles. The number of likely N-dealkylation sites (tertiary alicyclic amines) is 1. The number of aliphatic hydroxyl groups is 1. The predicted molar refractivity (Wildman–Crippen MR) is 127 cm³/mol. The number of aromatic nitrogens is 1. The number of hydrogen-bond donors (Lipinski definition) is 3. The van der Waals surface area contributed by atoms with Gasteiger partial charge in [-0.3, -0.25) is 4.90 Å². The molecule has 8 rings (SSSR count). The number of hydrogen-bond acceptors (Lipinski definition) is 4. The molecular formula is C28H28N2O3. The van der Waals surface area contributed by atoms with Gasteiger partial charge in [-0.25, -0.2) is 0 Å². The van der Waals surface area contributed by atoms with Crippen LogP contribution in [0.15, 0.2) is 36.9 Å². The van der Waals surface area contributed by atoms with Gasteiger partial charge in [-0.1, -0.05) is 24.8 Å². The summed E-state index contributed by atoms with van der Waals surface area (Å²) in [5.41, 5.74) is 5.18. The number of rotatable bonds is 3. The van der Waals surface area contributed by atoms with E-state index >= 15 is 0 Å². The Labute approximate surface area is 192 Å². The summed E-state index contributed by atoms with van der Waals surface area (Å²) in [6.07, 6.45) is 6.42. The van der Waals surface area contributed by atoms with E-state index in [1.165, 1.54) is 18.4 Å². The lowest BCUT2D eigenvalue weighted by atomic mass is 9.49. The molecule has 5 nitrogen and oxygen atoms in total. The van der Waals surface area contributed by atoms with Crippen LogP contribution in [0.4, 0.5) is 0 Å². The molecule has 3 heterocycles. The van der Waals surface area contributed by atoms with Crippen LogP contribution in [0.3, 0.4) is 0 Å². The maximum atomic E-state index is 12.8. The molecule has 3 aromatic rings. The summed E-state index contributed by atoms with van der Waals surface area (Å²) in [6.45, 7) is 5.99. The fourth-order valence-corrected chi connectivity index (χ4v) is 7.77. The van der Waals surface area contributed by atoms with Crippen molar-refractivity contribution in [3.05, 3.63) is 64.9 Å². The summed E-state index contributed by atoms with van der Waals surface area (Å²) in [5, 5.41) is 24.8. The van der Waals surface area contributed by atoms with Crippen molar-refractivity contribution in [3.63, 3.8) is 0 Å². The summed E-state index contributed by atoms with van der Waals surface area (Å²) in [4.78, 5) is 6.23. The molecule has 1 aromatic heterocycles. The second kappa shape index (κ2) is 5.83. The van der Waals surface area contributed by atoms with Crippen LogP contribution in [-0.2, 0) is 18.3 Å². The maximum Gasteiger partial charge on any atom is 0.166 e. The Morgan fingerprint density at radius 3 is 2.94 bits per heavy atom. The molecule has 0 amide bonds. The van der Waals surface area contributed by atoms with Crippen LogP contribution in [0.1, 0.15) is 53.3 Å². The number of piperidine rings is 1. The van der Waals surface area contributed by atoms with Gasteiger partial charge < -0.3 is 19.9 Å². The van der Waals surface area contributed by atoms with Gasteiger partial charge in [0, 0.05) is 35.5 Å². The van der Waals surface area contributed by atoms with E-state index in [1.807, 2.05) is 6.08 Å². The van der Waals surface area contributed by atoms with E-state index in [0.717, 1.165) is 65.1 Å². The number of nitrogens with zero attached hydrogens (tertiary/aromatic N) is 1. The third-order valence-electron chi connectivity index (χ3n) is 9.42. The molecule has 33 heavy (non-hydrogen) atoms. The average molecular weight is 441 g/mol. The predicted octanol–water partition coefficient (Wildman–Crippen LogP) is 4.22. The van der Waals surface area contributed by atoms with Crippen LogP contribution in [0.2, 0.25) is 0 Å². The first-order chi connectivity index (χ1) is 16.0.